The lowest BCUT2D eigenvalue weighted by Crippen LogP contribution is -1.95. The molecule has 0 unspecified atom stereocenters. The third-order valence-corrected chi connectivity index (χ3v) is 4.40. The zero-order valence-corrected chi connectivity index (χ0v) is 15.2. The van der Waals surface area contributed by atoms with Crippen LogP contribution in [0.3, 0.4) is 0 Å². The van der Waals surface area contributed by atoms with E-state index in [2.05, 4.69) is 6.07 Å². The van der Waals surface area contributed by atoms with Crippen molar-refractivity contribution in [2.24, 2.45) is 0 Å². The Kier molecular flexibility index (Phi) is 5.73. The number of benzene rings is 3. The summed E-state index contributed by atoms with van der Waals surface area (Å²) in [5.41, 5.74) is 4.62. The van der Waals surface area contributed by atoms with Crippen LogP contribution >= 0.6 is 11.6 Å². The second-order valence-corrected chi connectivity index (χ2v) is 6.39. The number of nitriles is 1. The Morgan fingerprint density at radius 1 is 1.00 bits per heavy atom. The fraction of sp³-hybridized carbons (Fsp3) is 0.0870. The van der Waals surface area contributed by atoms with Crippen molar-refractivity contribution in [3.05, 3.63) is 100 Å². The van der Waals surface area contributed by atoms with Crippen LogP contribution in [0.5, 0.6) is 5.75 Å². The summed E-state index contributed by atoms with van der Waals surface area (Å²) in [6.45, 7) is 2.45. The Hall–Kier alpha value is -3.02. The van der Waals surface area contributed by atoms with Gasteiger partial charge in [-0.15, -0.1) is 0 Å². The standard InChI is InChI=1S/C23H18ClNO/c1-17-6-10-19(11-7-17)21(15-25)14-18-8-12-22(13-9-18)26-16-20-4-2-3-5-23(20)24/h2-14H,16H2,1H3/b21-14+. The first-order valence-electron chi connectivity index (χ1n) is 8.31. The van der Waals surface area contributed by atoms with E-state index in [0.29, 0.717) is 17.2 Å². The molecule has 3 rings (SSSR count). The van der Waals surface area contributed by atoms with Gasteiger partial charge in [0.2, 0.25) is 0 Å². The first-order chi connectivity index (χ1) is 12.7. The zero-order chi connectivity index (χ0) is 18.4. The van der Waals surface area contributed by atoms with Gasteiger partial charge in [-0.05, 0) is 42.3 Å². The van der Waals surface area contributed by atoms with Crippen LogP contribution in [0.15, 0.2) is 72.8 Å². The molecule has 0 saturated carbocycles. The molecule has 3 aromatic carbocycles. The monoisotopic (exact) mass is 359 g/mol. The van der Waals surface area contributed by atoms with Crippen molar-refractivity contribution in [1.29, 1.82) is 5.26 Å². The largest absolute Gasteiger partial charge is 0.489 e. The van der Waals surface area contributed by atoms with E-state index < -0.39 is 0 Å². The summed E-state index contributed by atoms with van der Waals surface area (Å²) < 4.78 is 5.79. The van der Waals surface area contributed by atoms with Crippen molar-refractivity contribution in [3.8, 4) is 11.8 Å². The normalized spacial score (nSPS) is 11.0. The summed E-state index contributed by atoms with van der Waals surface area (Å²) in [7, 11) is 0. The van der Waals surface area contributed by atoms with Crippen LogP contribution < -0.4 is 4.74 Å². The molecule has 0 fully saturated rings. The number of nitrogens with zero attached hydrogens (tertiary/aromatic N) is 1. The molecule has 26 heavy (non-hydrogen) atoms. The van der Waals surface area contributed by atoms with Gasteiger partial charge in [-0.25, -0.2) is 0 Å². The highest BCUT2D eigenvalue weighted by atomic mass is 35.5. The lowest BCUT2D eigenvalue weighted by Gasteiger charge is -2.08. The molecule has 0 aliphatic carbocycles. The molecule has 0 aliphatic heterocycles. The molecule has 0 aliphatic rings. The van der Waals surface area contributed by atoms with Crippen LogP contribution in [0.4, 0.5) is 0 Å². The highest BCUT2D eigenvalue weighted by molar-refractivity contribution is 6.31. The highest BCUT2D eigenvalue weighted by Crippen LogP contribution is 2.22. The molecule has 0 atom stereocenters. The molecular weight excluding hydrogens is 342 g/mol. The molecule has 0 radical (unpaired) electrons. The lowest BCUT2D eigenvalue weighted by atomic mass is 10.0. The summed E-state index contributed by atoms with van der Waals surface area (Å²) in [6.07, 6.45) is 1.88. The van der Waals surface area contributed by atoms with Crippen LogP contribution in [0.25, 0.3) is 11.6 Å². The quantitative estimate of drug-likeness (QED) is 0.396. The molecule has 0 spiro atoms. The van der Waals surface area contributed by atoms with Gasteiger partial charge in [0.15, 0.2) is 0 Å². The molecule has 0 heterocycles. The zero-order valence-electron chi connectivity index (χ0n) is 14.4. The average molecular weight is 360 g/mol. The highest BCUT2D eigenvalue weighted by Gasteiger charge is 2.03. The van der Waals surface area contributed by atoms with Gasteiger partial charge in [-0.2, -0.15) is 5.26 Å². The van der Waals surface area contributed by atoms with Crippen molar-refractivity contribution < 1.29 is 4.74 Å². The van der Waals surface area contributed by atoms with E-state index in [0.717, 1.165) is 22.4 Å². The smallest absolute Gasteiger partial charge is 0.119 e. The Balaban J connectivity index is 1.71. The fourth-order valence-corrected chi connectivity index (χ4v) is 2.71. The van der Waals surface area contributed by atoms with E-state index in [1.807, 2.05) is 85.8 Å². The minimum atomic E-state index is 0.418. The predicted octanol–water partition coefficient (Wildman–Crippen LogP) is 6.29. The molecule has 0 amide bonds. The number of ether oxygens (including phenoxy) is 1. The molecule has 0 bridgehead atoms. The SMILES string of the molecule is Cc1ccc(/C(C#N)=C/c2ccc(OCc3ccccc3Cl)cc2)cc1. The summed E-state index contributed by atoms with van der Waals surface area (Å²) in [4.78, 5) is 0. The number of aryl methyl sites for hydroxylation is 1. The number of rotatable bonds is 5. The van der Waals surface area contributed by atoms with E-state index in [-0.39, 0.29) is 0 Å². The Labute approximate surface area is 158 Å². The molecule has 0 N–H and O–H groups in total. The Morgan fingerprint density at radius 3 is 2.35 bits per heavy atom. The fourth-order valence-electron chi connectivity index (χ4n) is 2.52. The molecule has 2 nitrogen and oxygen atoms in total. The summed E-state index contributed by atoms with van der Waals surface area (Å²) in [5, 5.41) is 10.1. The van der Waals surface area contributed by atoms with Crippen molar-refractivity contribution in [1.82, 2.24) is 0 Å². The maximum atomic E-state index is 9.45. The Morgan fingerprint density at radius 2 is 1.69 bits per heavy atom. The second kappa shape index (κ2) is 8.38. The third kappa shape index (κ3) is 4.53. The first kappa shape index (κ1) is 17.8. The van der Waals surface area contributed by atoms with Gasteiger partial charge in [0.05, 0.1) is 11.6 Å². The van der Waals surface area contributed by atoms with Crippen molar-refractivity contribution in [3.63, 3.8) is 0 Å². The van der Waals surface area contributed by atoms with Crippen LogP contribution in [0, 0.1) is 18.3 Å². The molecular formula is C23H18ClNO. The molecule has 0 saturated heterocycles. The number of halogens is 1. The van der Waals surface area contributed by atoms with Gasteiger partial charge in [0.25, 0.3) is 0 Å². The van der Waals surface area contributed by atoms with E-state index >= 15 is 0 Å². The number of hydrogen-bond donors (Lipinski definition) is 0. The lowest BCUT2D eigenvalue weighted by molar-refractivity contribution is 0.306. The van der Waals surface area contributed by atoms with Crippen LogP contribution in [0.2, 0.25) is 5.02 Å². The van der Waals surface area contributed by atoms with Gasteiger partial charge >= 0.3 is 0 Å². The average Bonchev–Trinajstić information content (AvgIpc) is 2.67. The summed E-state index contributed by atoms with van der Waals surface area (Å²) in [5.74, 6) is 0.760. The van der Waals surface area contributed by atoms with Gasteiger partial charge in [0.1, 0.15) is 12.4 Å². The van der Waals surface area contributed by atoms with Crippen LogP contribution in [-0.2, 0) is 6.61 Å². The van der Waals surface area contributed by atoms with E-state index in [4.69, 9.17) is 16.3 Å². The summed E-state index contributed by atoms with van der Waals surface area (Å²) in [6, 6.07) is 25.5. The van der Waals surface area contributed by atoms with Gasteiger partial charge < -0.3 is 4.74 Å². The molecule has 0 aromatic heterocycles. The van der Waals surface area contributed by atoms with Gasteiger partial charge in [-0.3, -0.25) is 0 Å². The van der Waals surface area contributed by atoms with E-state index in [9.17, 15) is 5.26 Å². The maximum Gasteiger partial charge on any atom is 0.119 e. The van der Waals surface area contributed by atoms with Gasteiger partial charge in [-0.1, -0.05) is 71.8 Å². The van der Waals surface area contributed by atoms with E-state index in [1.54, 1.807) is 0 Å². The van der Waals surface area contributed by atoms with E-state index in [1.165, 1.54) is 5.56 Å². The molecule has 3 heteroatoms. The third-order valence-electron chi connectivity index (χ3n) is 4.03. The summed E-state index contributed by atoms with van der Waals surface area (Å²) >= 11 is 6.14. The first-order valence-corrected chi connectivity index (χ1v) is 8.68. The van der Waals surface area contributed by atoms with Crippen molar-refractivity contribution in [2.45, 2.75) is 13.5 Å². The molecule has 3 aromatic rings. The number of hydrogen-bond acceptors (Lipinski definition) is 2. The molecule has 128 valence electrons. The van der Waals surface area contributed by atoms with Gasteiger partial charge in [0, 0.05) is 10.6 Å². The Bertz CT molecular complexity index is 951. The number of allylic oxidation sites excluding steroid dienone is 1. The minimum absolute atomic E-state index is 0.418. The predicted molar refractivity (Wildman–Crippen MR) is 107 cm³/mol. The minimum Gasteiger partial charge on any atom is -0.489 e. The topological polar surface area (TPSA) is 33.0 Å². The van der Waals surface area contributed by atoms with Crippen LogP contribution in [0.1, 0.15) is 22.3 Å². The van der Waals surface area contributed by atoms with Crippen LogP contribution in [-0.4, -0.2) is 0 Å². The maximum absolute atomic E-state index is 9.45. The van der Waals surface area contributed by atoms with Crippen molar-refractivity contribution >= 4 is 23.3 Å². The van der Waals surface area contributed by atoms with Crippen molar-refractivity contribution in [2.75, 3.05) is 0 Å². The second-order valence-electron chi connectivity index (χ2n) is 5.98.